The van der Waals surface area contributed by atoms with Crippen LogP contribution in [-0.2, 0) is 13.1 Å². The van der Waals surface area contributed by atoms with Crippen LogP contribution in [0.2, 0.25) is 0 Å². The molecule has 28 heavy (non-hydrogen) atoms. The number of aliphatic hydroxyl groups excluding tert-OH is 1. The van der Waals surface area contributed by atoms with Crippen molar-refractivity contribution in [3.63, 3.8) is 0 Å². The lowest BCUT2D eigenvalue weighted by Gasteiger charge is -2.28. The number of piperidine rings is 1. The van der Waals surface area contributed by atoms with Gasteiger partial charge in [0.2, 0.25) is 0 Å². The van der Waals surface area contributed by atoms with Crippen LogP contribution in [-0.4, -0.2) is 61.4 Å². The highest BCUT2D eigenvalue weighted by Gasteiger charge is 2.16. The van der Waals surface area contributed by atoms with E-state index in [0.29, 0.717) is 18.0 Å². The summed E-state index contributed by atoms with van der Waals surface area (Å²) in [5.41, 5.74) is 1.12. The first-order valence-corrected chi connectivity index (χ1v) is 10.0. The molecule has 0 aliphatic carbocycles. The van der Waals surface area contributed by atoms with E-state index in [1.54, 1.807) is 13.4 Å². The van der Waals surface area contributed by atoms with Crippen molar-refractivity contribution in [2.24, 2.45) is 0 Å². The maximum Gasteiger partial charge on any atom is 0.161 e. The van der Waals surface area contributed by atoms with Crippen LogP contribution in [0.3, 0.4) is 0 Å². The van der Waals surface area contributed by atoms with Gasteiger partial charge in [-0.25, -0.2) is 0 Å². The minimum Gasteiger partial charge on any atom is -0.493 e. The molecule has 0 saturated carbocycles. The van der Waals surface area contributed by atoms with Crippen LogP contribution in [0.4, 0.5) is 0 Å². The fraction of sp³-hybridized carbons (Fsp3) is 0.545. The van der Waals surface area contributed by atoms with Gasteiger partial charge in [-0.1, -0.05) is 12.5 Å². The predicted octanol–water partition coefficient (Wildman–Crippen LogP) is 3.15. The third kappa shape index (κ3) is 6.26. The van der Waals surface area contributed by atoms with Crippen molar-refractivity contribution < 1.29 is 19.0 Å². The molecule has 1 aliphatic heterocycles. The molecule has 1 aromatic carbocycles. The van der Waals surface area contributed by atoms with Crippen molar-refractivity contribution in [1.82, 2.24) is 9.80 Å². The number of methoxy groups -OCH3 is 1. The largest absolute Gasteiger partial charge is 0.493 e. The van der Waals surface area contributed by atoms with E-state index in [-0.39, 0.29) is 6.61 Å². The molecule has 2 aromatic rings. The number of likely N-dealkylation sites (tertiary alicyclic amines) is 1. The molecule has 6 heteroatoms. The second-order valence-corrected chi connectivity index (χ2v) is 7.56. The number of aliphatic hydroxyl groups is 1. The van der Waals surface area contributed by atoms with Crippen LogP contribution < -0.4 is 9.47 Å². The second-order valence-electron chi connectivity index (χ2n) is 7.56. The van der Waals surface area contributed by atoms with Gasteiger partial charge in [0.05, 0.1) is 19.9 Å². The Morgan fingerprint density at radius 3 is 2.68 bits per heavy atom. The van der Waals surface area contributed by atoms with Gasteiger partial charge in [-0.15, -0.1) is 0 Å². The van der Waals surface area contributed by atoms with Crippen LogP contribution in [0.25, 0.3) is 0 Å². The third-order valence-electron chi connectivity index (χ3n) is 5.04. The summed E-state index contributed by atoms with van der Waals surface area (Å²) < 4.78 is 16.8. The maximum atomic E-state index is 10.4. The molecule has 2 heterocycles. The summed E-state index contributed by atoms with van der Waals surface area (Å²) in [4.78, 5) is 4.49. The molecule has 1 aromatic heterocycles. The summed E-state index contributed by atoms with van der Waals surface area (Å²) >= 11 is 0. The SMILES string of the molecule is COc1ccc(CN(C)Cc2ccco2)cc1OC[C@@H](O)CN1CCCCC1. The Hall–Kier alpha value is -2.02. The first kappa shape index (κ1) is 20.7. The van der Waals surface area contributed by atoms with Gasteiger partial charge in [0.25, 0.3) is 0 Å². The lowest BCUT2D eigenvalue weighted by molar-refractivity contribution is 0.0608. The van der Waals surface area contributed by atoms with Crippen molar-refractivity contribution in [2.75, 3.05) is 40.4 Å². The zero-order valence-corrected chi connectivity index (χ0v) is 17.0. The lowest BCUT2D eigenvalue weighted by atomic mass is 10.1. The summed E-state index contributed by atoms with van der Waals surface area (Å²) in [6.45, 7) is 4.56. The molecule has 0 bridgehead atoms. The smallest absolute Gasteiger partial charge is 0.161 e. The molecule has 0 radical (unpaired) electrons. The van der Waals surface area contributed by atoms with Crippen LogP contribution in [0.5, 0.6) is 11.5 Å². The van der Waals surface area contributed by atoms with E-state index in [9.17, 15) is 5.11 Å². The molecule has 1 aliphatic rings. The summed E-state index contributed by atoms with van der Waals surface area (Å²) in [5, 5.41) is 10.4. The van der Waals surface area contributed by atoms with Gasteiger partial charge in [-0.2, -0.15) is 0 Å². The van der Waals surface area contributed by atoms with E-state index >= 15 is 0 Å². The van der Waals surface area contributed by atoms with Gasteiger partial charge in [0.1, 0.15) is 18.5 Å². The number of furan rings is 1. The molecule has 1 atom stereocenters. The molecule has 6 nitrogen and oxygen atoms in total. The highest BCUT2D eigenvalue weighted by molar-refractivity contribution is 5.43. The van der Waals surface area contributed by atoms with E-state index in [1.807, 2.05) is 30.3 Å². The number of hydrogen-bond acceptors (Lipinski definition) is 6. The van der Waals surface area contributed by atoms with E-state index in [0.717, 1.165) is 37.5 Å². The molecular formula is C22H32N2O4. The minimum atomic E-state index is -0.506. The summed E-state index contributed by atoms with van der Waals surface area (Å²) in [5.74, 6) is 2.29. The molecule has 0 unspecified atom stereocenters. The number of hydrogen-bond donors (Lipinski definition) is 1. The highest BCUT2D eigenvalue weighted by atomic mass is 16.5. The number of nitrogens with zero attached hydrogens (tertiary/aromatic N) is 2. The Bertz CT molecular complexity index is 699. The van der Waals surface area contributed by atoms with E-state index < -0.39 is 6.10 Å². The average Bonchev–Trinajstić information content (AvgIpc) is 3.20. The molecule has 1 N–H and O–H groups in total. The quantitative estimate of drug-likeness (QED) is 0.675. The summed E-state index contributed by atoms with van der Waals surface area (Å²) in [6, 6.07) is 9.82. The van der Waals surface area contributed by atoms with Gasteiger partial charge in [-0.3, -0.25) is 4.90 Å². The normalized spacial score (nSPS) is 16.3. The van der Waals surface area contributed by atoms with Gasteiger partial charge >= 0.3 is 0 Å². The van der Waals surface area contributed by atoms with Crippen molar-refractivity contribution in [1.29, 1.82) is 0 Å². The minimum absolute atomic E-state index is 0.262. The first-order chi connectivity index (χ1) is 13.6. The monoisotopic (exact) mass is 388 g/mol. The maximum absolute atomic E-state index is 10.4. The Balaban J connectivity index is 1.54. The Morgan fingerprint density at radius 1 is 1.14 bits per heavy atom. The van der Waals surface area contributed by atoms with Crippen LogP contribution >= 0.6 is 0 Å². The van der Waals surface area contributed by atoms with Gasteiger partial charge in [0, 0.05) is 13.1 Å². The van der Waals surface area contributed by atoms with Gasteiger partial charge in [-0.05, 0) is 62.8 Å². The second kappa shape index (κ2) is 10.5. The fourth-order valence-electron chi connectivity index (χ4n) is 3.65. The lowest BCUT2D eigenvalue weighted by Crippen LogP contribution is -2.38. The van der Waals surface area contributed by atoms with Crippen LogP contribution in [0.15, 0.2) is 41.0 Å². The fourth-order valence-corrected chi connectivity index (χ4v) is 3.65. The number of rotatable bonds is 10. The van der Waals surface area contributed by atoms with Crippen LogP contribution in [0.1, 0.15) is 30.6 Å². The molecule has 0 amide bonds. The average molecular weight is 389 g/mol. The molecule has 1 saturated heterocycles. The Labute approximate surface area is 167 Å². The van der Waals surface area contributed by atoms with E-state index in [2.05, 4.69) is 16.8 Å². The number of ether oxygens (including phenoxy) is 2. The Kier molecular flexibility index (Phi) is 7.77. The molecule has 0 spiro atoms. The van der Waals surface area contributed by atoms with E-state index in [4.69, 9.17) is 13.9 Å². The van der Waals surface area contributed by atoms with Gasteiger partial charge < -0.3 is 23.9 Å². The van der Waals surface area contributed by atoms with E-state index in [1.165, 1.54) is 19.3 Å². The molecule has 1 fully saturated rings. The molecule has 3 rings (SSSR count). The zero-order chi connectivity index (χ0) is 19.8. The topological polar surface area (TPSA) is 58.3 Å². The third-order valence-corrected chi connectivity index (χ3v) is 5.04. The van der Waals surface area contributed by atoms with Crippen molar-refractivity contribution in [2.45, 2.75) is 38.5 Å². The molecular weight excluding hydrogens is 356 g/mol. The number of benzene rings is 1. The summed E-state index contributed by atoms with van der Waals surface area (Å²) in [6.07, 6.45) is 4.91. The predicted molar refractivity (Wildman–Crippen MR) is 109 cm³/mol. The Morgan fingerprint density at radius 2 is 1.96 bits per heavy atom. The summed E-state index contributed by atoms with van der Waals surface area (Å²) in [7, 11) is 3.69. The standard InChI is InChI=1S/C22H32N2O4/c1-23(16-20-7-6-12-27-20)14-18-8-9-21(26-2)22(13-18)28-17-19(25)15-24-10-4-3-5-11-24/h6-9,12-13,19,25H,3-5,10-11,14-17H2,1-2H3/t19-/m0/s1. The van der Waals surface area contributed by atoms with Crippen molar-refractivity contribution >= 4 is 0 Å². The van der Waals surface area contributed by atoms with Crippen molar-refractivity contribution in [3.05, 3.63) is 47.9 Å². The zero-order valence-electron chi connectivity index (χ0n) is 17.0. The van der Waals surface area contributed by atoms with Crippen LogP contribution in [0, 0.1) is 0 Å². The highest BCUT2D eigenvalue weighted by Crippen LogP contribution is 2.29. The first-order valence-electron chi connectivity index (χ1n) is 10.0. The number of β-amino-alcohol motifs (C(OH)–C–C–N with tert-alkyl or cyclic N) is 1. The van der Waals surface area contributed by atoms with Crippen molar-refractivity contribution in [3.8, 4) is 11.5 Å². The molecule has 154 valence electrons. The van der Waals surface area contributed by atoms with Gasteiger partial charge in [0.15, 0.2) is 11.5 Å².